The lowest BCUT2D eigenvalue weighted by Crippen LogP contribution is -2.47. The minimum Gasteiger partial charge on any atom is -0.358 e. The molecule has 0 radical (unpaired) electrons. The van der Waals surface area contributed by atoms with Gasteiger partial charge in [0.1, 0.15) is 17.3 Å². The fourth-order valence-electron chi connectivity index (χ4n) is 3.64. The average Bonchev–Trinajstić information content (AvgIpc) is 2.82. The first-order chi connectivity index (χ1) is 15.3. The first kappa shape index (κ1) is 23.4. The van der Waals surface area contributed by atoms with Crippen LogP contribution >= 0.6 is 0 Å². The minimum atomic E-state index is -4.00. The second kappa shape index (κ2) is 9.94. The number of sulfonamides is 1. The maximum atomic E-state index is 14.0. The molecule has 0 saturated carbocycles. The van der Waals surface area contributed by atoms with Crippen LogP contribution in [0.5, 0.6) is 0 Å². The van der Waals surface area contributed by atoms with E-state index in [0.717, 1.165) is 6.07 Å². The molecule has 2 aromatic rings. The Balaban J connectivity index is 1.77. The molecule has 2 aromatic carbocycles. The summed E-state index contributed by atoms with van der Waals surface area (Å²) in [5, 5.41) is 2.51. The van der Waals surface area contributed by atoms with Gasteiger partial charge in [-0.2, -0.15) is 4.31 Å². The highest BCUT2D eigenvalue weighted by Crippen LogP contribution is 2.28. The lowest BCUT2D eigenvalue weighted by Gasteiger charge is -2.33. The molecule has 1 fully saturated rings. The van der Waals surface area contributed by atoms with Crippen molar-refractivity contribution in [1.82, 2.24) is 9.62 Å². The Morgan fingerprint density at radius 1 is 1.19 bits per heavy atom. The van der Waals surface area contributed by atoms with E-state index in [9.17, 15) is 22.4 Å². The molecular weight excluding hydrogens is 433 g/mol. The van der Waals surface area contributed by atoms with Crippen LogP contribution in [0.25, 0.3) is 0 Å². The lowest BCUT2D eigenvalue weighted by molar-refractivity contribution is -0.126. The van der Waals surface area contributed by atoms with Crippen molar-refractivity contribution in [2.75, 3.05) is 31.6 Å². The van der Waals surface area contributed by atoms with Crippen molar-refractivity contribution in [2.45, 2.75) is 17.7 Å². The molecule has 0 bridgehead atoms. The number of benzene rings is 2. The second-order valence-corrected chi connectivity index (χ2v) is 9.31. The first-order valence-corrected chi connectivity index (χ1v) is 11.5. The number of carbonyl (C=O) groups excluding carboxylic acids is 2. The van der Waals surface area contributed by atoms with Crippen molar-refractivity contribution in [2.24, 2.45) is 5.92 Å². The summed E-state index contributed by atoms with van der Waals surface area (Å²) in [6.07, 6.45) is 5.97. The number of amides is 2. The summed E-state index contributed by atoms with van der Waals surface area (Å²) >= 11 is 0. The fraction of sp³-hybridized carbons (Fsp3) is 0.304. The van der Waals surface area contributed by atoms with Crippen LogP contribution in [0.1, 0.15) is 18.4 Å². The highest BCUT2D eigenvalue weighted by Gasteiger charge is 2.35. The van der Waals surface area contributed by atoms with E-state index in [4.69, 9.17) is 6.42 Å². The van der Waals surface area contributed by atoms with Crippen LogP contribution in [0.15, 0.2) is 53.4 Å². The van der Waals surface area contributed by atoms with Gasteiger partial charge in [0.05, 0.1) is 0 Å². The third-order valence-corrected chi connectivity index (χ3v) is 7.36. The van der Waals surface area contributed by atoms with E-state index in [-0.39, 0.29) is 49.2 Å². The van der Waals surface area contributed by atoms with Gasteiger partial charge in [0.25, 0.3) is 0 Å². The molecule has 0 spiro atoms. The predicted molar refractivity (Wildman–Crippen MR) is 119 cm³/mol. The number of terminal acetylenes is 1. The molecule has 32 heavy (non-hydrogen) atoms. The van der Waals surface area contributed by atoms with Gasteiger partial charge in [-0.15, -0.1) is 6.42 Å². The molecule has 0 unspecified atom stereocenters. The molecule has 1 aliphatic heterocycles. The number of piperidine rings is 1. The molecule has 2 amide bonds. The summed E-state index contributed by atoms with van der Waals surface area (Å²) in [4.78, 5) is 26.3. The zero-order chi connectivity index (χ0) is 23.3. The van der Waals surface area contributed by atoms with E-state index < -0.39 is 21.8 Å². The summed E-state index contributed by atoms with van der Waals surface area (Å²) in [5.41, 5.74) is 1.07. The van der Waals surface area contributed by atoms with Gasteiger partial charge < -0.3 is 10.2 Å². The number of likely N-dealkylation sites (N-methyl/N-ethyl adjacent to an activating group) is 1. The monoisotopic (exact) mass is 457 g/mol. The van der Waals surface area contributed by atoms with E-state index in [0.29, 0.717) is 11.3 Å². The van der Waals surface area contributed by atoms with Gasteiger partial charge in [-0.25, -0.2) is 12.8 Å². The van der Waals surface area contributed by atoms with Gasteiger partial charge in [-0.3, -0.25) is 9.59 Å². The predicted octanol–water partition coefficient (Wildman–Crippen LogP) is 1.99. The van der Waals surface area contributed by atoms with E-state index in [1.807, 2.05) is 0 Å². The van der Waals surface area contributed by atoms with Gasteiger partial charge in [0, 0.05) is 37.3 Å². The molecular formula is C23H24FN3O4S. The SMILES string of the molecule is C#Cc1cccc(N(CC(=O)NC)C(=O)C2CCN(S(=O)(=O)c3ccccc3F)CC2)c1. The Morgan fingerprint density at radius 3 is 2.50 bits per heavy atom. The molecule has 0 aliphatic carbocycles. The van der Waals surface area contributed by atoms with Gasteiger partial charge in [0.2, 0.25) is 21.8 Å². The smallest absolute Gasteiger partial charge is 0.245 e. The van der Waals surface area contributed by atoms with Crippen molar-refractivity contribution in [3.8, 4) is 12.3 Å². The number of hydrogen-bond donors (Lipinski definition) is 1. The van der Waals surface area contributed by atoms with Crippen LogP contribution in [0.3, 0.4) is 0 Å². The summed E-state index contributed by atoms with van der Waals surface area (Å²) in [6, 6.07) is 12.0. The number of nitrogens with zero attached hydrogens (tertiary/aromatic N) is 2. The number of carbonyl (C=O) groups is 2. The van der Waals surface area contributed by atoms with Gasteiger partial charge in [-0.05, 0) is 43.2 Å². The Bertz CT molecular complexity index is 1150. The summed E-state index contributed by atoms with van der Waals surface area (Å²) in [6.45, 7) is -0.0341. The van der Waals surface area contributed by atoms with Crippen molar-refractivity contribution in [3.63, 3.8) is 0 Å². The highest BCUT2D eigenvalue weighted by atomic mass is 32.2. The standard InChI is InChI=1S/C23H24FN3O4S/c1-3-17-7-6-8-19(15-17)27(16-22(28)25-2)23(29)18-11-13-26(14-12-18)32(30,31)21-10-5-4-9-20(21)24/h1,4-10,15,18H,11-14,16H2,2H3,(H,25,28). The average molecular weight is 458 g/mol. The van der Waals surface area contributed by atoms with E-state index in [1.165, 1.54) is 34.5 Å². The van der Waals surface area contributed by atoms with Crippen molar-refractivity contribution in [1.29, 1.82) is 0 Å². The molecule has 1 saturated heterocycles. The van der Waals surface area contributed by atoms with Gasteiger partial charge in [0.15, 0.2) is 0 Å². The molecule has 1 N–H and O–H groups in total. The van der Waals surface area contributed by atoms with E-state index in [2.05, 4.69) is 11.2 Å². The topological polar surface area (TPSA) is 86.8 Å². The highest BCUT2D eigenvalue weighted by molar-refractivity contribution is 7.89. The maximum Gasteiger partial charge on any atom is 0.245 e. The molecule has 3 rings (SSSR count). The summed E-state index contributed by atoms with van der Waals surface area (Å²) in [5.74, 6) is 0.584. The Kier molecular flexibility index (Phi) is 7.28. The zero-order valence-electron chi connectivity index (χ0n) is 17.6. The third-order valence-electron chi connectivity index (χ3n) is 5.43. The van der Waals surface area contributed by atoms with E-state index in [1.54, 1.807) is 24.3 Å². The first-order valence-electron chi connectivity index (χ1n) is 10.1. The lowest BCUT2D eigenvalue weighted by atomic mass is 9.96. The van der Waals surface area contributed by atoms with Crippen molar-refractivity contribution >= 4 is 27.5 Å². The van der Waals surface area contributed by atoms with Crippen LogP contribution < -0.4 is 10.2 Å². The Morgan fingerprint density at radius 2 is 1.88 bits per heavy atom. The molecule has 168 valence electrons. The van der Waals surface area contributed by atoms with Crippen LogP contribution in [0, 0.1) is 24.1 Å². The van der Waals surface area contributed by atoms with Crippen molar-refractivity contribution in [3.05, 3.63) is 59.9 Å². The number of hydrogen-bond acceptors (Lipinski definition) is 4. The van der Waals surface area contributed by atoms with Crippen LogP contribution in [0.4, 0.5) is 10.1 Å². The largest absolute Gasteiger partial charge is 0.358 e. The summed E-state index contributed by atoms with van der Waals surface area (Å²) in [7, 11) is -2.52. The van der Waals surface area contributed by atoms with Gasteiger partial charge in [-0.1, -0.05) is 24.1 Å². The van der Waals surface area contributed by atoms with Crippen molar-refractivity contribution < 1.29 is 22.4 Å². The van der Waals surface area contributed by atoms with Crippen LogP contribution in [-0.2, 0) is 19.6 Å². The zero-order valence-corrected chi connectivity index (χ0v) is 18.4. The Labute approximate surface area is 187 Å². The number of nitrogens with one attached hydrogen (secondary N) is 1. The quantitative estimate of drug-likeness (QED) is 0.672. The number of halogens is 1. The molecule has 0 atom stereocenters. The third kappa shape index (κ3) is 4.98. The molecule has 1 aliphatic rings. The van der Waals surface area contributed by atoms with E-state index >= 15 is 0 Å². The van der Waals surface area contributed by atoms with Crippen LogP contribution in [0.2, 0.25) is 0 Å². The number of anilines is 1. The normalized spacial score (nSPS) is 15.0. The van der Waals surface area contributed by atoms with Gasteiger partial charge >= 0.3 is 0 Å². The molecule has 9 heteroatoms. The molecule has 7 nitrogen and oxygen atoms in total. The fourth-order valence-corrected chi connectivity index (χ4v) is 5.17. The summed E-state index contributed by atoms with van der Waals surface area (Å²) < 4.78 is 40.9. The molecule has 1 heterocycles. The second-order valence-electron chi connectivity index (χ2n) is 7.40. The molecule has 0 aromatic heterocycles. The maximum absolute atomic E-state index is 14.0. The Hall–Kier alpha value is -3.22. The number of rotatable bonds is 6. The minimum absolute atomic E-state index is 0.0747. The van der Waals surface area contributed by atoms with Crippen LogP contribution in [-0.4, -0.2) is 51.2 Å².